The van der Waals surface area contributed by atoms with E-state index in [1.165, 1.54) is 4.90 Å². The number of carbonyl (C=O) groups excluding carboxylic acids is 1. The SMILES string of the molecule is CC1CCN(C(=O)NC(C)(C)C2CC2)C1C(=O)O. The number of urea groups is 1. The van der Waals surface area contributed by atoms with Crippen LogP contribution < -0.4 is 5.32 Å². The van der Waals surface area contributed by atoms with E-state index in [1.807, 2.05) is 20.8 Å². The predicted molar refractivity (Wildman–Crippen MR) is 67.2 cm³/mol. The van der Waals surface area contributed by atoms with Crippen LogP contribution in [0, 0.1) is 11.8 Å². The smallest absolute Gasteiger partial charge is 0.326 e. The highest BCUT2D eigenvalue weighted by Crippen LogP contribution is 2.39. The number of carboxylic acid groups (broad SMARTS) is 1. The number of likely N-dealkylation sites (tertiary alicyclic amines) is 1. The Bertz CT molecular complexity index is 363. The Balaban J connectivity index is 2.02. The van der Waals surface area contributed by atoms with Crippen molar-refractivity contribution in [3.63, 3.8) is 0 Å². The molecule has 2 N–H and O–H groups in total. The molecule has 5 heteroatoms. The quantitative estimate of drug-likeness (QED) is 0.805. The summed E-state index contributed by atoms with van der Waals surface area (Å²) in [6, 6.07) is -0.913. The zero-order valence-corrected chi connectivity index (χ0v) is 11.3. The summed E-state index contributed by atoms with van der Waals surface area (Å²) in [4.78, 5) is 24.9. The Kier molecular flexibility index (Phi) is 3.25. The Hall–Kier alpha value is -1.26. The number of carboxylic acids is 1. The zero-order chi connectivity index (χ0) is 13.5. The van der Waals surface area contributed by atoms with Crippen molar-refractivity contribution in [3.8, 4) is 0 Å². The fourth-order valence-corrected chi connectivity index (χ4v) is 2.81. The molecule has 1 saturated heterocycles. The fraction of sp³-hybridized carbons (Fsp3) is 0.846. The lowest BCUT2D eigenvalue weighted by Gasteiger charge is -2.31. The third kappa shape index (κ3) is 2.44. The van der Waals surface area contributed by atoms with Gasteiger partial charge in [0, 0.05) is 12.1 Å². The molecule has 0 bridgehead atoms. The third-order valence-corrected chi connectivity index (χ3v) is 4.24. The molecule has 1 saturated carbocycles. The largest absolute Gasteiger partial charge is 0.480 e. The summed E-state index contributed by atoms with van der Waals surface area (Å²) in [5.41, 5.74) is -0.230. The van der Waals surface area contributed by atoms with Gasteiger partial charge in [0.05, 0.1) is 0 Å². The summed E-state index contributed by atoms with van der Waals surface area (Å²) in [5, 5.41) is 12.2. The molecule has 0 aromatic carbocycles. The van der Waals surface area contributed by atoms with Gasteiger partial charge < -0.3 is 15.3 Å². The first-order valence-electron chi connectivity index (χ1n) is 6.64. The van der Waals surface area contributed by atoms with Crippen molar-refractivity contribution in [1.82, 2.24) is 10.2 Å². The van der Waals surface area contributed by atoms with E-state index in [9.17, 15) is 14.7 Å². The van der Waals surface area contributed by atoms with E-state index in [4.69, 9.17) is 0 Å². The number of amides is 2. The Morgan fingerprint density at radius 2 is 1.89 bits per heavy atom. The standard InChI is InChI=1S/C13H22N2O3/c1-8-6-7-15(10(8)11(16)17)12(18)14-13(2,3)9-4-5-9/h8-10H,4-7H2,1-3H3,(H,14,18)(H,16,17). The Labute approximate surface area is 108 Å². The second-order valence-electron chi connectivity index (χ2n) is 6.17. The molecule has 2 fully saturated rings. The molecule has 2 aliphatic rings. The van der Waals surface area contributed by atoms with Crippen LogP contribution in [0.2, 0.25) is 0 Å². The second-order valence-corrected chi connectivity index (χ2v) is 6.17. The topological polar surface area (TPSA) is 69.6 Å². The summed E-state index contributed by atoms with van der Waals surface area (Å²) in [5.74, 6) is -0.346. The van der Waals surface area contributed by atoms with Crippen molar-refractivity contribution in [2.45, 2.75) is 51.6 Å². The predicted octanol–water partition coefficient (Wildman–Crippen LogP) is 1.68. The van der Waals surface area contributed by atoms with E-state index >= 15 is 0 Å². The van der Waals surface area contributed by atoms with Crippen LogP contribution >= 0.6 is 0 Å². The average molecular weight is 254 g/mol. The molecule has 18 heavy (non-hydrogen) atoms. The normalized spacial score (nSPS) is 28.3. The summed E-state index contributed by atoms with van der Waals surface area (Å²) < 4.78 is 0. The molecule has 0 aromatic heterocycles. The summed E-state index contributed by atoms with van der Waals surface area (Å²) in [6.07, 6.45) is 3.05. The minimum atomic E-state index is -0.903. The van der Waals surface area contributed by atoms with E-state index in [0.29, 0.717) is 12.5 Å². The number of rotatable bonds is 3. The number of nitrogens with zero attached hydrogens (tertiary/aromatic N) is 1. The van der Waals surface area contributed by atoms with E-state index in [1.54, 1.807) is 0 Å². The molecule has 5 nitrogen and oxygen atoms in total. The van der Waals surface area contributed by atoms with Gasteiger partial charge in [-0.05, 0) is 44.9 Å². The van der Waals surface area contributed by atoms with Crippen molar-refractivity contribution in [2.24, 2.45) is 11.8 Å². The van der Waals surface area contributed by atoms with E-state index in [0.717, 1.165) is 19.3 Å². The van der Waals surface area contributed by atoms with E-state index in [-0.39, 0.29) is 17.5 Å². The molecular weight excluding hydrogens is 232 g/mol. The van der Waals surface area contributed by atoms with E-state index in [2.05, 4.69) is 5.32 Å². The number of aliphatic carboxylic acids is 1. The summed E-state index contributed by atoms with van der Waals surface area (Å²) >= 11 is 0. The van der Waals surface area contributed by atoms with Crippen molar-refractivity contribution in [2.75, 3.05) is 6.54 Å². The first-order valence-corrected chi connectivity index (χ1v) is 6.64. The maximum atomic E-state index is 12.2. The van der Waals surface area contributed by atoms with Gasteiger partial charge in [-0.2, -0.15) is 0 Å². The van der Waals surface area contributed by atoms with Crippen molar-refractivity contribution in [1.29, 1.82) is 0 Å². The van der Waals surface area contributed by atoms with Crippen molar-refractivity contribution in [3.05, 3.63) is 0 Å². The lowest BCUT2D eigenvalue weighted by Crippen LogP contribution is -2.54. The molecule has 2 atom stereocenters. The van der Waals surface area contributed by atoms with Crippen LogP contribution in [0.15, 0.2) is 0 Å². The molecule has 1 heterocycles. The minimum absolute atomic E-state index is 0.0253. The van der Waals surface area contributed by atoms with Crippen LogP contribution in [0.3, 0.4) is 0 Å². The van der Waals surface area contributed by atoms with Crippen LogP contribution in [0.1, 0.15) is 40.0 Å². The van der Waals surface area contributed by atoms with Gasteiger partial charge in [-0.3, -0.25) is 0 Å². The molecule has 0 spiro atoms. The second kappa shape index (κ2) is 4.44. The van der Waals surface area contributed by atoms with Crippen LogP contribution in [-0.2, 0) is 4.79 Å². The van der Waals surface area contributed by atoms with Crippen LogP contribution in [-0.4, -0.2) is 40.1 Å². The monoisotopic (exact) mass is 254 g/mol. The number of carbonyl (C=O) groups is 2. The zero-order valence-electron chi connectivity index (χ0n) is 11.3. The Morgan fingerprint density at radius 3 is 2.39 bits per heavy atom. The highest BCUT2D eigenvalue weighted by atomic mass is 16.4. The maximum absolute atomic E-state index is 12.2. The van der Waals surface area contributed by atoms with Gasteiger partial charge in [0.2, 0.25) is 0 Å². The molecule has 2 amide bonds. The molecule has 102 valence electrons. The fourth-order valence-electron chi connectivity index (χ4n) is 2.81. The Morgan fingerprint density at radius 1 is 1.28 bits per heavy atom. The molecule has 2 rings (SSSR count). The molecule has 0 radical (unpaired) electrons. The van der Waals surface area contributed by atoms with Crippen molar-refractivity contribution >= 4 is 12.0 Å². The van der Waals surface area contributed by atoms with Crippen LogP contribution in [0.5, 0.6) is 0 Å². The van der Waals surface area contributed by atoms with Crippen LogP contribution in [0.25, 0.3) is 0 Å². The van der Waals surface area contributed by atoms with Gasteiger partial charge in [0.15, 0.2) is 0 Å². The van der Waals surface area contributed by atoms with Crippen molar-refractivity contribution < 1.29 is 14.7 Å². The molecule has 0 aromatic rings. The number of hydrogen-bond acceptors (Lipinski definition) is 2. The van der Waals surface area contributed by atoms with Gasteiger partial charge in [0.1, 0.15) is 6.04 Å². The van der Waals surface area contributed by atoms with Gasteiger partial charge in [-0.25, -0.2) is 9.59 Å². The summed E-state index contributed by atoms with van der Waals surface area (Å²) in [7, 11) is 0. The number of nitrogens with one attached hydrogen (secondary N) is 1. The molecular formula is C13H22N2O3. The minimum Gasteiger partial charge on any atom is -0.480 e. The van der Waals surface area contributed by atoms with E-state index < -0.39 is 12.0 Å². The lowest BCUT2D eigenvalue weighted by molar-refractivity contribution is -0.142. The average Bonchev–Trinajstić information content (AvgIpc) is 3.01. The van der Waals surface area contributed by atoms with Gasteiger partial charge in [-0.1, -0.05) is 6.92 Å². The highest BCUT2D eigenvalue weighted by molar-refractivity contribution is 5.84. The lowest BCUT2D eigenvalue weighted by atomic mass is 9.99. The highest BCUT2D eigenvalue weighted by Gasteiger charge is 2.43. The molecule has 2 unspecified atom stereocenters. The van der Waals surface area contributed by atoms with Gasteiger partial charge in [-0.15, -0.1) is 0 Å². The number of hydrogen-bond donors (Lipinski definition) is 2. The summed E-state index contributed by atoms with van der Waals surface area (Å²) in [6.45, 7) is 6.44. The van der Waals surface area contributed by atoms with Crippen LogP contribution in [0.4, 0.5) is 4.79 Å². The van der Waals surface area contributed by atoms with Gasteiger partial charge >= 0.3 is 12.0 Å². The first kappa shape index (κ1) is 13.2. The van der Waals surface area contributed by atoms with Gasteiger partial charge in [0.25, 0.3) is 0 Å². The molecule has 1 aliphatic carbocycles. The third-order valence-electron chi connectivity index (χ3n) is 4.24. The molecule has 1 aliphatic heterocycles. The maximum Gasteiger partial charge on any atom is 0.326 e. The first-order chi connectivity index (χ1) is 8.33.